The highest BCUT2D eigenvalue weighted by atomic mass is 35.5. The largest absolute Gasteiger partial charge is 0.482 e. The van der Waals surface area contributed by atoms with Gasteiger partial charge in [-0.1, -0.05) is 17.7 Å². The first-order valence-electron chi connectivity index (χ1n) is 5.73. The summed E-state index contributed by atoms with van der Waals surface area (Å²) in [5, 5.41) is 20.1. The van der Waals surface area contributed by atoms with Crippen molar-refractivity contribution in [3.8, 4) is 5.75 Å². The Morgan fingerprint density at radius 1 is 1.43 bits per heavy atom. The number of ether oxygens (including phenoxy) is 1. The molecule has 1 heterocycles. The highest BCUT2D eigenvalue weighted by Gasteiger charge is 2.17. The van der Waals surface area contributed by atoms with Crippen LogP contribution in [0.4, 0.5) is 5.69 Å². The van der Waals surface area contributed by atoms with Crippen molar-refractivity contribution >= 4 is 23.3 Å². The second-order valence-corrected chi connectivity index (χ2v) is 4.41. The Kier molecular flexibility index (Phi) is 4.34. The van der Waals surface area contributed by atoms with Gasteiger partial charge in [-0.2, -0.15) is 0 Å². The molecule has 8 heteroatoms. The van der Waals surface area contributed by atoms with E-state index < -0.39 is 10.9 Å². The standard InChI is InChI=1S/C13H9ClN2O5/c14-9-3-4-11(10(6-9)16(19)20)21-7-8-2-1-5-15-12(8)13(17)18/h1-6H,7H2,(H,17,18). The van der Waals surface area contributed by atoms with Gasteiger partial charge in [0.05, 0.1) is 4.92 Å². The van der Waals surface area contributed by atoms with Gasteiger partial charge in [0.1, 0.15) is 6.61 Å². The van der Waals surface area contributed by atoms with Crippen LogP contribution in [0.25, 0.3) is 0 Å². The Morgan fingerprint density at radius 3 is 2.86 bits per heavy atom. The van der Waals surface area contributed by atoms with Crippen LogP contribution in [-0.4, -0.2) is 21.0 Å². The van der Waals surface area contributed by atoms with E-state index in [4.69, 9.17) is 21.4 Å². The van der Waals surface area contributed by atoms with E-state index in [1.54, 1.807) is 6.07 Å². The molecule has 0 fully saturated rings. The quantitative estimate of drug-likeness (QED) is 0.673. The van der Waals surface area contributed by atoms with Gasteiger partial charge < -0.3 is 9.84 Å². The monoisotopic (exact) mass is 308 g/mol. The number of halogens is 1. The molecule has 1 aromatic carbocycles. The summed E-state index contributed by atoms with van der Waals surface area (Å²) in [6.45, 7) is -0.155. The molecule has 1 N–H and O–H groups in total. The lowest BCUT2D eigenvalue weighted by molar-refractivity contribution is -0.385. The van der Waals surface area contributed by atoms with Crippen molar-refractivity contribution in [3.05, 3.63) is 62.9 Å². The first-order valence-corrected chi connectivity index (χ1v) is 6.10. The number of carbonyl (C=O) groups is 1. The van der Waals surface area contributed by atoms with Gasteiger partial charge in [0.2, 0.25) is 0 Å². The smallest absolute Gasteiger partial charge is 0.354 e. The number of aromatic nitrogens is 1. The molecule has 0 atom stereocenters. The molecule has 2 aromatic rings. The molecule has 108 valence electrons. The lowest BCUT2D eigenvalue weighted by atomic mass is 10.2. The average molecular weight is 309 g/mol. The molecule has 0 spiro atoms. The van der Waals surface area contributed by atoms with E-state index in [9.17, 15) is 14.9 Å². The van der Waals surface area contributed by atoms with Crippen molar-refractivity contribution in [2.75, 3.05) is 0 Å². The number of carboxylic acids is 1. The minimum atomic E-state index is -1.19. The average Bonchev–Trinajstić information content (AvgIpc) is 2.46. The van der Waals surface area contributed by atoms with Crippen LogP contribution >= 0.6 is 11.6 Å². The number of rotatable bonds is 5. The molecule has 0 amide bonds. The Bertz CT molecular complexity index is 705. The van der Waals surface area contributed by atoms with Crippen molar-refractivity contribution in [2.45, 2.75) is 6.61 Å². The third kappa shape index (κ3) is 3.46. The zero-order valence-corrected chi connectivity index (χ0v) is 11.3. The minimum Gasteiger partial charge on any atom is -0.482 e. The summed E-state index contributed by atoms with van der Waals surface area (Å²) in [4.78, 5) is 25.0. The maximum atomic E-state index is 11.0. The number of benzene rings is 1. The molecular weight excluding hydrogens is 300 g/mol. The molecule has 0 saturated heterocycles. The number of nitrogens with zero attached hydrogens (tertiary/aromatic N) is 2. The van der Waals surface area contributed by atoms with Crippen molar-refractivity contribution < 1.29 is 19.6 Å². The number of carboxylic acid groups (broad SMARTS) is 1. The van der Waals surface area contributed by atoms with E-state index in [2.05, 4.69) is 4.98 Å². The minimum absolute atomic E-state index is 0.00425. The number of aromatic carboxylic acids is 1. The number of nitro groups is 1. The van der Waals surface area contributed by atoms with E-state index in [0.717, 1.165) is 6.07 Å². The first-order chi connectivity index (χ1) is 9.99. The van der Waals surface area contributed by atoms with Crippen molar-refractivity contribution in [2.24, 2.45) is 0 Å². The Hall–Kier alpha value is -2.67. The van der Waals surface area contributed by atoms with Crippen LogP contribution in [0.2, 0.25) is 5.02 Å². The summed E-state index contributed by atoms with van der Waals surface area (Å²) in [5.74, 6) is -1.19. The Balaban J connectivity index is 2.25. The molecule has 0 bridgehead atoms. The molecule has 2 rings (SSSR count). The fraction of sp³-hybridized carbons (Fsp3) is 0.0769. The van der Waals surface area contributed by atoms with Crippen LogP contribution in [-0.2, 0) is 6.61 Å². The predicted molar refractivity (Wildman–Crippen MR) is 73.6 cm³/mol. The van der Waals surface area contributed by atoms with Crippen LogP contribution < -0.4 is 4.74 Å². The Labute approximate surface area is 123 Å². The molecule has 21 heavy (non-hydrogen) atoms. The van der Waals surface area contributed by atoms with Crippen molar-refractivity contribution in [3.63, 3.8) is 0 Å². The van der Waals surface area contributed by atoms with Gasteiger partial charge in [-0.15, -0.1) is 0 Å². The van der Waals surface area contributed by atoms with E-state index in [-0.39, 0.29) is 28.8 Å². The fourth-order valence-corrected chi connectivity index (χ4v) is 1.82. The first kappa shape index (κ1) is 14.7. The summed E-state index contributed by atoms with van der Waals surface area (Å²) in [6.07, 6.45) is 1.34. The molecular formula is C13H9ClN2O5. The van der Waals surface area contributed by atoms with Crippen LogP contribution in [0.5, 0.6) is 5.75 Å². The Morgan fingerprint density at radius 2 is 2.19 bits per heavy atom. The maximum absolute atomic E-state index is 11.0. The van der Waals surface area contributed by atoms with Crippen LogP contribution in [0.1, 0.15) is 16.1 Å². The van der Waals surface area contributed by atoms with Gasteiger partial charge in [0.25, 0.3) is 0 Å². The SMILES string of the molecule is O=C(O)c1ncccc1COc1ccc(Cl)cc1[N+](=O)[O-]. The second-order valence-electron chi connectivity index (χ2n) is 3.97. The topological polar surface area (TPSA) is 103 Å². The van der Waals surface area contributed by atoms with E-state index in [1.165, 1.54) is 24.4 Å². The van der Waals surface area contributed by atoms with Gasteiger partial charge in [-0.3, -0.25) is 10.1 Å². The lowest BCUT2D eigenvalue weighted by Gasteiger charge is -2.08. The molecule has 0 saturated carbocycles. The van der Waals surface area contributed by atoms with Gasteiger partial charge >= 0.3 is 11.7 Å². The van der Waals surface area contributed by atoms with Gasteiger partial charge in [-0.25, -0.2) is 9.78 Å². The summed E-state index contributed by atoms with van der Waals surface area (Å²) < 4.78 is 5.33. The number of pyridine rings is 1. The number of nitro benzene ring substituents is 1. The molecule has 0 unspecified atom stereocenters. The van der Waals surface area contributed by atoms with E-state index >= 15 is 0 Å². The highest BCUT2D eigenvalue weighted by Crippen LogP contribution is 2.30. The van der Waals surface area contributed by atoms with Crippen molar-refractivity contribution in [1.29, 1.82) is 0 Å². The summed E-state index contributed by atoms with van der Waals surface area (Å²) in [5.41, 5.74) is -0.133. The zero-order chi connectivity index (χ0) is 15.4. The maximum Gasteiger partial charge on any atom is 0.354 e. The summed E-state index contributed by atoms with van der Waals surface area (Å²) >= 11 is 5.70. The molecule has 0 aliphatic rings. The highest BCUT2D eigenvalue weighted by molar-refractivity contribution is 6.30. The summed E-state index contributed by atoms with van der Waals surface area (Å²) in [6, 6.07) is 7.06. The van der Waals surface area contributed by atoms with E-state index in [1.807, 2.05) is 0 Å². The van der Waals surface area contributed by atoms with Gasteiger partial charge in [-0.05, 0) is 18.2 Å². The molecule has 0 radical (unpaired) electrons. The normalized spacial score (nSPS) is 10.1. The van der Waals surface area contributed by atoms with E-state index in [0.29, 0.717) is 5.56 Å². The fourth-order valence-electron chi connectivity index (χ4n) is 1.66. The summed E-state index contributed by atoms with van der Waals surface area (Å²) in [7, 11) is 0. The molecule has 1 aromatic heterocycles. The van der Waals surface area contributed by atoms with Gasteiger partial charge in [0, 0.05) is 22.8 Å². The zero-order valence-electron chi connectivity index (χ0n) is 10.5. The van der Waals surface area contributed by atoms with Crippen molar-refractivity contribution in [1.82, 2.24) is 4.98 Å². The predicted octanol–water partition coefficient (Wildman–Crippen LogP) is 2.92. The number of hydrogen-bond donors (Lipinski definition) is 1. The van der Waals surface area contributed by atoms with Gasteiger partial charge in [0.15, 0.2) is 11.4 Å². The molecule has 7 nitrogen and oxygen atoms in total. The second kappa shape index (κ2) is 6.19. The van der Waals surface area contributed by atoms with Crippen LogP contribution in [0.15, 0.2) is 36.5 Å². The molecule has 0 aliphatic carbocycles. The number of hydrogen-bond acceptors (Lipinski definition) is 5. The third-order valence-electron chi connectivity index (χ3n) is 2.59. The lowest BCUT2D eigenvalue weighted by Crippen LogP contribution is -2.08. The third-order valence-corrected chi connectivity index (χ3v) is 2.83. The van der Waals surface area contributed by atoms with Crippen LogP contribution in [0.3, 0.4) is 0 Å². The van der Waals surface area contributed by atoms with Crippen LogP contribution in [0, 0.1) is 10.1 Å². The molecule has 0 aliphatic heterocycles.